The second-order valence-corrected chi connectivity index (χ2v) is 6.26. The van der Waals surface area contributed by atoms with E-state index in [0.29, 0.717) is 32.8 Å². The zero-order valence-electron chi connectivity index (χ0n) is 16.6. The van der Waals surface area contributed by atoms with Crippen LogP contribution in [0.2, 0.25) is 0 Å². The number of carbonyl (C=O) groups excluding carboxylic acids is 2. The monoisotopic (exact) mass is 392 g/mol. The number of rotatable bonds is 15. The number of carbonyl (C=O) groups is 2. The summed E-state index contributed by atoms with van der Waals surface area (Å²) in [7, 11) is 4.49. The molecule has 1 fully saturated rings. The van der Waals surface area contributed by atoms with Crippen molar-refractivity contribution in [3.05, 3.63) is 0 Å². The Morgan fingerprint density at radius 1 is 0.852 bits per heavy atom. The molecule has 4 atom stereocenters. The Balaban J connectivity index is 2.67. The van der Waals surface area contributed by atoms with Crippen LogP contribution in [0.4, 0.5) is 0 Å². The molecule has 4 unspecified atom stereocenters. The lowest BCUT2D eigenvalue weighted by Gasteiger charge is -2.24. The Kier molecular flexibility index (Phi) is 12.4. The van der Waals surface area contributed by atoms with Gasteiger partial charge in [0, 0.05) is 32.5 Å². The van der Waals surface area contributed by atoms with Crippen molar-refractivity contribution >= 4 is 11.8 Å². The van der Waals surface area contributed by atoms with Crippen LogP contribution in [0, 0.1) is 11.8 Å². The lowest BCUT2D eigenvalue weighted by atomic mass is 9.88. The van der Waals surface area contributed by atoms with Crippen LogP contribution in [0.25, 0.3) is 0 Å². The molecule has 1 aliphatic rings. The van der Waals surface area contributed by atoms with E-state index in [-0.39, 0.29) is 37.8 Å². The summed E-state index contributed by atoms with van der Waals surface area (Å²) in [5.74, 6) is -1.27. The van der Waals surface area contributed by atoms with Crippen LogP contribution in [0.3, 0.4) is 0 Å². The SMILES string of the molecule is COCCOCOC1CC(OCOCCOC)C(C(C)=O)C1CC(=O)OC. The average molecular weight is 392 g/mol. The Morgan fingerprint density at radius 3 is 1.89 bits per heavy atom. The van der Waals surface area contributed by atoms with Crippen molar-refractivity contribution in [2.75, 3.05) is 61.3 Å². The molecule has 0 bridgehead atoms. The van der Waals surface area contributed by atoms with Gasteiger partial charge in [-0.25, -0.2) is 0 Å². The molecule has 0 amide bonds. The molecule has 0 aliphatic heterocycles. The lowest BCUT2D eigenvalue weighted by molar-refractivity contribution is -0.147. The zero-order chi connectivity index (χ0) is 20.1. The molecule has 0 aromatic heterocycles. The number of hydrogen-bond donors (Lipinski definition) is 0. The summed E-state index contributed by atoms with van der Waals surface area (Å²) in [6.07, 6.45) is -0.214. The fourth-order valence-electron chi connectivity index (χ4n) is 3.19. The predicted molar refractivity (Wildman–Crippen MR) is 94.0 cm³/mol. The fourth-order valence-corrected chi connectivity index (χ4v) is 3.19. The van der Waals surface area contributed by atoms with Gasteiger partial charge < -0.3 is 33.2 Å². The van der Waals surface area contributed by atoms with Gasteiger partial charge >= 0.3 is 5.97 Å². The second kappa shape index (κ2) is 14.0. The molecule has 1 aliphatic carbocycles. The molecule has 0 heterocycles. The number of Topliss-reactive ketones (excluding diaryl/α,β-unsaturated/α-hetero) is 1. The molecular formula is C18H32O9. The normalized spacial score (nSPS) is 24.9. The smallest absolute Gasteiger partial charge is 0.305 e. The minimum atomic E-state index is -0.473. The van der Waals surface area contributed by atoms with E-state index >= 15 is 0 Å². The fraction of sp³-hybridized carbons (Fsp3) is 0.889. The summed E-state index contributed by atoms with van der Waals surface area (Å²) >= 11 is 0. The highest BCUT2D eigenvalue weighted by Crippen LogP contribution is 2.39. The highest BCUT2D eigenvalue weighted by molar-refractivity contribution is 5.81. The maximum Gasteiger partial charge on any atom is 0.305 e. The molecule has 0 aromatic rings. The van der Waals surface area contributed by atoms with Crippen LogP contribution in [-0.2, 0) is 42.7 Å². The second-order valence-electron chi connectivity index (χ2n) is 6.26. The summed E-state index contributed by atoms with van der Waals surface area (Å²) in [6.45, 7) is 3.29. The van der Waals surface area contributed by atoms with Gasteiger partial charge in [-0.2, -0.15) is 0 Å². The van der Waals surface area contributed by atoms with Crippen LogP contribution < -0.4 is 0 Å². The third-order valence-corrected chi connectivity index (χ3v) is 4.50. The molecule has 158 valence electrons. The van der Waals surface area contributed by atoms with Gasteiger partial charge in [-0.1, -0.05) is 0 Å². The summed E-state index contributed by atoms with van der Waals surface area (Å²) in [4.78, 5) is 24.1. The number of esters is 1. The van der Waals surface area contributed by atoms with Crippen LogP contribution >= 0.6 is 0 Å². The number of ether oxygens (including phenoxy) is 7. The predicted octanol–water partition coefficient (Wildman–Crippen LogP) is 0.786. The first-order chi connectivity index (χ1) is 13.0. The Morgan fingerprint density at radius 2 is 1.41 bits per heavy atom. The zero-order valence-corrected chi connectivity index (χ0v) is 16.6. The molecule has 27 heavy (non-hydrogen) atoms. The maximum absolute atomic E-state index is 12.2. The molecule has 0 N–H and O–H groups in total. The van der Waals surface area contributed by atoms with Gasteiger partial charge in [-0.3, -0.25) is 9.59 Å². The van der Waals surface area contributed by atoms with E-state index in [2.05, 4.69) is 0 Å². The van der Waals surface area contributed by atoms with E-state index in [1.54, 1.807) is 14.2 Å². The molecule has 9 heteroatoms. The Bertz CT molecular complexity index is 429. The molecule has 0 spiro atoms. The standard InChI is InChI=1S/C18H32O9/c1-13(19)18-14(9-17(20)23-4)15(26-11-24-7-5-21-2)10-16(18)27-12-25-8-6-22-3/h14-16,18H,5-12H2,1-4H3. The minimum Gasteiger partial charge on any atom is -0.469 e. The summed E-state index contributed by atoms with van der Waals surface area (Å²) in [5.41, 5.74) is 0. The van der Waals surface area contributed by atoms with Crippen molar-refractivity contribution in [3.63, 3.8) is 0 Å². The maximum atomic E-state index is 12.2. The van der Waals surface area contributed by atoms with Gasteiger partial charge in [0.25, 0.3) is 0 Å². The van der Waals surface area contributed by atoms with Crippen molar-refractivity contribution < 1.29 is 42.7 Å². The highest BCUT2D eigenvalue weighted by atomic mass is 16.7. The van der Waals surface area contributed by atoms with Gasteiger partial charge in [0.2, 0.25) is 0 Å². The molecule has 0 aromatic carbocycles. The molecule has 0 radical (unpaired) electrons. The van der Waals surface area contributed by atoms with Crippen molar-refractivity contribution in [2.24, 2.45) is 11.8 Å². The average Bonchev–Trinajstić information content (AvgIpc) is 2.98. The van der Waals surface area contributed by atoms with Crippen molar-refractivity contribution in [1.82, 2.24) is 0 Å². The van der Waals surface area contributed by atoms with E-state index in [1.165, 1.54) is 14.0 Å². The summed E-state index contributed by atoms with van der Waals surface area (Å²) < 4.78 is 36.8. The van der Waals surface area contributed by atoms with Gasteiger partial charge in [0.15, 0.2) is 0 Å². The Hall–Kier alpha value is -1.10. The molecular weight excluding hydrogens is 360 g/mol. The first kappa shape index (κ1) is 23.9. The van der Waals surface area contributed by atoms with Crippen LogP contribution in [0.15, 0.2) is 0 Å². The van der Waals surface area contributed by atoms with E-state index in [1.807, 2.05) is 0 Å². The molecule has 1 saturated carbocycles. The molecule has 1 rings (SSSR count). The third-order valence-electron chi connectivity index (χ3n) is 4.50. The minimum absolute atomic E-state index is 0.0415. The number of ketones is 1. The van der Waals surface area contributed by atoms with E-state index in [0.717, 1.165) is 0 Å². The lowest BCUT2D eigenvalue weighted by Crippen LogP contribution is -2.32. The van der Waals surface area contributed by atoms with Crippen LogP contribution in [-0.4, -0.2) is 85.3 Å². The molecule has 0 saturated heterocycles. The molecule has 9 nitrogen and oxygen atoms in total. The van der Waals surface area contributed by atoms with Crippen LogP contribution in [0.5, 0.6) is 0 Å². The van der Waals surface area contributed by atoms with Gasteiger partial charge in [-0.15, -0.1) is 0 Å². The van der Waals surface area contributed by atoms with Crippen molar-refractivity contribution in [3.8, 4) is 0 Å². The number of methoxy groups -OCH3 is 3. The number of hydrogen-bond acceptors (Lipinski definition) is 9. The first-order valence-electron chi connectivity index (χ1n) is 8.98. The van der Waals surface area contributed by atoms with E-state index < -0.39 is 18.0 Å². The van der Waals surface area contributed by atoms with Crippen LogP contribution in [0.1, 0.15) is 19.8 Å². The van der Waals surface area contributed by atoms with Gasteiger partial charge in [0.1, 0.15) is 19.4 Å². The van der Waals surface area contributed by atoms with Crippen molar-refractivity contribution in [1.29, 1.82) is 0 Å². The van der Waals surface area contributed by atoms with Gasteiger partial charge in [-0.05, 0) is 6.92 Å². The Labute approximate surface area is 160 Å². The first-order valence-corrected chi connectivity index (χ1v) is 8.98. The quantitative estimate of drug-likeness (QED) is 0.227. The third kappa shape index (κ3) is 8.63. The van der Waals surface area contributed by atoms with Gasteiger partial charge in [0.05, 0.1) is 52.2 Å². The van der Waals surface area contributed by atoms with Crippen molar-refractivity contribution in [2.45, 2.75) is 32.0 Å². The van der Waals surface area contributed by atoms with E-state index in [9.17, 15) is 9.59 Å². The largest absolute Gasteiger partial charge is 0.469 e. The highest BCUT2D eigenvalue weighted by Gasteiger charge is 2.48. The van der Waals surface area contributed by atoms with E-state index in [4.69, 9.17) is 33.2 Å². The summed E-state index contributed by atoms with van der Waals surface area (Å²) in [6, 6.07) is 0. The summed E-state index contributed by atoms with van der Waals surface area (Å²) in [5, 5.41) is 0. The topological polar surface area (TPSA) is 98.8 Å².